The van der Waals surface area contributed by atoms with Gasteiger partial charge in [-0.3, -0.25) is 9.36 Å². The molecule has 5 rings (SSSR count). The van der Waals surface area contributed by atoms with Crippen LogP contribution in [-0.4, -0.2) is 49.1 Å². The summed E-state index contributed by atoms with van der Waals surface area (Å²) >= 11 is 0. The second-order valence-electron chi connectivity index (χ2n) is 9.42. The average Bonchev–Trinajstić information content (AvgIpc) is 3.72. The molecule has 0 unspecified atom stereocenters. The minimum Gasteiger partial charge on any atom is -0.361 e. The van der Waals surface area contributed by atoms with Crippen LogP contribution in [0.15, 0.2) is 40.7 Å². The zero-order chi connectivity index (χ0) is 26.3. The Bertz CT molecular complexity index is 1650. The van der Waals surface area contributed by atoms with Crippen molar-refractivity contribution in [3.8, 4) is 11.4 Å². The van der Waals surface area contributed by atoms with Crippen molar-refractivity contribution >= 4 is 26.8 Å². The van der Waals surface area contributed by atoms with Crippen molar-refractivity contribution in [2.24, 2.45) is 0 Å². The first-order valence-electron chi connectivity index (χ1n) is 12.2. The van der Waals surface area contributed by atoms with Gasteiger partial charge < -0.3 is 5.32 Å². The summed E-state index contributed by atoms with van der Waals surface area (Å²) in [6.07, 6.45) is 8.66. The van der Waals surface area contributed by atoms with E-state index in [0.29, 0.717) is 28.5 Å². The van der Waals surface area contributed by atoms with Crippen LogP contribution in [-0.2, 0) is 16.4 Å². The molecule has 192 valence electrons. The van der Waals surface area contributed by atoms with E-state index in [1.807, 2.05) is 20.8 Å². The van der Waals surface area contributed by atoms with Gasteiger partial charge in [-0.1, -0.05) is 13.0 Å². The van der Waals surface area contributed by atoms with E-state index in [1.54, 1.807) is 23.2 Å². The first-order chi connectivity index (χ1) is 17.7. The van der Waals surface area contributed by atoms with Crippen LogP contribution in [0.4, 0.5) is 5.82 Å². The molecule has 1 saturated carbocycles. The summed E-state index contributed by atoms with van der Waals surface area (Å²) in [4.78, 5) is 40.4. The summed E-state index contributed by atoms with van der Waals surface area (Å²) in [5, 5.41) is 3.07. The number of hydrogen-bond donors (Lipinski definition) is 1. The molecule has 1 aliphatic rings. The topological polar surface area (TPSA) is 146 Å². The molecule has 0 saturated heterocycles. The Kier molecular flexibility index (Phi) is 6.44. The number of pyridine rings is 1. The molecule has 11 nitrogen and oxygen atoms in total. The number of hydrogen-bond acceptors (Lipinski definition) is 10. The zero-order valence-electron chi connectivity index (χ0n) is 21.1. The van der Waals surface area contributed by atoms with Crippen LogP contribution in [0, 0.1) is 6.92 Å². The molecule has 0 bridgehead atoms. The number of anilines is 1. The van der Waals surface area contributed by atoms with Gasteiger partial charge in [-0.05, 0) is 44.7 Å². The largest absolute Gasteiger partial charge is 0.361 e. The highest BCUT2D eigenvalue weighted by molar-refractivity contribution is 7.90. The van der Waals surface area contributed by atoms with Gasteiger partial charge in [-0.25, -0.2) is 38.3 Å². The smallest absolute Gasteiger partial charge is 0.295 e. The van der Waals surface area contributed by atoms with Crippen LogP contribution < -0.4 is 10.9 Å². The fourth-order valence-electron chi connectivity index (χ4n) is 4.18. The second-order valence-corrected chi connectivity index (χ2v) is 11.4. The number of rotatable bonds is 8. The molecule has 1 fully saturated rings. The summed E-state index contributed by atoms with van der Waals surface area (Å²) in [5.74, 6) is 1.04. The molecule has 4 aromatic heterocycles. The van der Waals surface area contributed by atoms with Gasteiger partial charge in [0.25, 0.3) is 5.56 Å². The van der Waals surface area contributed by atoms with E-state index < -0.39 is 9.84 Å². The maximum atomic E-state index is 13.5. The van der Waals surface area contributed by atoms with Crippen molar-refractivity contribution in [1.82, 2.24) is 34.5 Å². The molecular formula is C25H28N8O3S. The standard InChI is InChI=1S/C25H28N8O3S/c1-5-14(2)33-24-18(12-28-22(32-24)20-15(3)29-13-30-21(20)17-7-8-17)31-23(25(33)34)27-11-16-6-9-19(26-10-16)37(4,35)36/h6,9-10,12-14,17H,5,7-8,11H2,1-4H3,(H,27,31)/t14-/m1/s1. The lowest BCUT2D eigenvalue weighted by atomic mass is 10.1. The highest BCUT2D eigenvalue weighted by Crippen LogP contribution is 2.43. The van der Waals surface area contributed by atoms with Gasteiger partial charge in [0.05, 0.1) is 23.1 Å². The van der Waals surface area contributed by atoms with E-state index in [0.717, 1.165) is 42.5 Å². The average molecular weight is 521 g/mol. The van der Waals surface area contributed by atoms with Gasteiger partial charge in [0.2, 0.25) is 0 Å². The maximum absolute atomic E-state index is 13.5. The SMILES string of the molecule is CC[C@@H](C)n1c(=O)c(NCc2ccc(S(C)(=O)=O)nc2)nc2cnc(-c3c(C)ncnc3C3CC3)nc21. The summed E-state index contributed by atoms with van der Waals surface area (Å²) in [6.45, 7) is 6.14. The summed E-state index contributed by atoms with van der Waals surface area (Å²) in [6, 6.07) is 2.97. The monoisotopic (exact) mass is 520 g/mol. The van der Waals surface area contributed by atoms with E-state index in [2.05, 4.69) is 30.2 Å². The van der Waals surface area contributed by atoms with Gasteiger partial charge >= 0.3 is 0 Å². The summed E-state index contributed by atoms with van der Waals surface area (Å²) in [5.41, 5.74) is 3.93. The Morgan fingerprint density at radius 1 is 1.11 bits per heavy atom. The Balaban J connectivity index is 1.55. The van der Waals surface area contributed by atoms with Crippen LogP contribution >= 0.6 is 0 Å². The molecular weight excluding hydrogens is 492 g/mol. The fourth-order valence-corrected chi connectivity index (χ4v) is 4.74. The van der Waals surface area contributed by atoms with Gasteiger partial charge in [0, 0.05) is 31.0 Å². The maximum Gasteiger partial charge on any atom is 0.295 e. The quantitative estimate of drug-likeness (QED) is 0.367. The molecule has 1 N–H and O–H groups in total. The van der Waals surface area contributed by atoms with Crippen molar-refractivity contribution in [2.75, 3.05) is 11.6 Å². The summed E-state index contributed by atoms with van der Waals surface area (Å²) in [7, 11) is -3.39. The van der Waals surface area contributed by atoms with Crippen molar-refractivity contribution in [2.45, 2.75) is 63.6 Å². The van der Waals surface area contributed by atoms with E-state index in [9.17, 15) is 13.2 Å². The van der Waals surface area contributed by atoms with Crippen LogP contribution in [0.5, 0.6) is 0 Å². The molecule has 37 heavy (non-hydrogen) atoms. The van der Waals surface area contributed by atoms with Crippen LogP contribution in [0.1, 0.15) is 62.0 Å². The van der Waals surface area contributed by atoms with Crippen LogP contribution in [0.25, 0.3) is 22.6 Å². The van der Waals surface area contributed by atoms with E-state index in [-0.39, 0.29) is 29.0 Å². The Morgan fingerprint density at radius 2 is 1.89 bits per heavy atom. The lowest BCUT2D eigenvalue weighted by molar-refractivity contribution is 0.526. The molecule has 4 heterocycles. The van der Waals surface area contributed by atoms with Gasteiger partial charge in [0.15, 0.2) is 32.2 Å². The summed E-state index contributed by atoms with van der Waals surface area (Å²) < 4.78 is 25.0. The number of nitrogens with zero attached hydrogens (tertiary/aromatic N) is 7. The Morgan fingerprint density at radius 3 is 2.54 bits per heavy atom. The third kappa shape index (κ3) is 4.93. The van der Waals surface area contributed by atoms with E-state index in [1.165, 1.54) is 12.3 Å². The van der Waals surface area contributed by atoms with Crippen molar-refractivity contribution in [3.05, 3.63) is 58.2 Å². The molecule has 12 heteroatoms. The first-order valence-corrected chi connectivity index (χ1v) is 14.1. The second kappa shape index (κ2) is 9.58. The molecule has 4 aromatic rings. The van der Waals surface area contributed by atoms with Gasteiger partial charge in [-0.2, -0.15) is 0 Å². The zero-order valence-corrected chi connectivity index (χ0v) is 21.9. The number of fused-ring (bicyclic) bond motifs is 1. The molecule has 1 atom stereocenters. The predicted molar refractivity (Wildman–Crippen MR) is 139 cm³/mol. The molecule has 0 aliphatic heterocycles. The molecule has 0 amide bonds. The van der Waals surface area contributed by atoms with E-state index in [4.69, 9.17) is 4.98 Å². The highest BCUT2D eigenvalue weighted by atomic mass is 32.2. The van der Waals surface area contributed by atoms with Crippen molar-refractivity contribution in [3.63, 3.8) is 0 Å². The molecule has 0 spiro atoms. The first kappa shape index (κ1) is 24.9. The lowest BCUT2D eigenvalue weighted by Gasteiger charge is -2.18. The fraction of sp³-hybridized carbons (Fsp3) is 0.400. The van der Waals surface area contributed by atoms with Crippen LogP contribution in [0.3, 0.4) is 0 Å². The van der Waals surface area contributed by atoms with Crippen molar-refractivity contribution in [1.29, 1.82) is 0 Å². The van der Waals surface area contributed by atoms with Gasteiger partial charge in [0.1, 0.15) is 11.8 Å². The van der Waals surface area contributed by atoms with Gasteiger partial charge in [-0.15, -0.1) is 0 Å². The lowest BCUT2D eigenvalue weighted by Crippen LogP contribution is -2.28. The number of sulfone groups is 1. The Labute approximate surface area is 214 Å². The van der Waals surface area contributed by atoms with E-state index >= 15 is 0 Å². The van der Waals surface area contributed by atoms with Crippen LogP contribution in [0.2, 0.25) is 0 Å². The normalized spacial score (nSPS) is 14.6. The third-order valence-corrected chi connectivity index (χ3v) is 7.56. The number of nitrogens with one attached hydrogen (secondary N) is 1. The highest BCUT2D eigenvalue weighted by Gasteiger charge is 2.30. The molecule has 0 radical (unpaired) electrons. The van der Waals surface area contributed by atoms with Crippen molar-refractivity contribution < 1.29 is 8.42 Å². The molecule has 0 aromatic carbocycles. The predicted octanol–water partition coefficient (Wildman–Crippen LogP) is 3.21. The minimum atomic E-state index is -3.39. The Hall–Kier alpha value is -3.80. The number of aryl methyl sites for hydroxylation is 1. The number of aromatic nitrogens is 7. The molecule has 1 aliphatic carbocycles. The minimum absolute atomic E-state index is 0.00365. The third-order valence-electron chi connectivity index (χ3n) is 6.55.